The third kappa shape index (κ3) is 2.46. The predicted octanol–water partition coefficient (Wildman–Crippen LogP) is 4.76. The summed E-state index contributed by atoms with van der Waals surface area (Å²) in [6.45, 7) is 0. The second kappa shape index (κ2) is 6.08. The van der Waals surface area contributed by atoms with Crippen LogP contribution in [0.15, 0.2) is 84.9 Å². The van der Waals surface area contributed by atoms with Crippen LogP contribution in [-0.4, -0.2) is 10.2 Å². The average Bonchev–Trinajstić information content (AvgIpc) is 2.66. The van der Waals surface area contributed by atoms with Gasteiger partial charge in [-0.25, -0.2) is 0 Å². The van der Waals surface area contributed by atoms with Crippen molar-refractivity contribution in [2.45, 2.75) is 12.2 Å². The lowest BCUT2D eigenvalue weighted by Crippen LogP contribution is -2.11. The highest BCUT2D eigenvalue weighted by Crippen LogP contribution is 2.35. The summed E-state index contributed by atoms with van der Waals surface area (Å²) in [5.74, 6) is 0. The number of fused-ring (bicyclic) bond motifs is 2. The van der Waals surface area contributed by atoms with E-state index in [9.17, 15) is 10.2 Å². The summed E-state index contributed by atoms with van der Waals surface area (Å²) < 4.78 is 0. The van der Waals surface area contributed by atoms with Crippen molar-refractivity contribution in [3.63, 3.8) is 0 Å². The van der Waals surface area contributed by atoms with Crippen molar-refractivity contribution in [2.24, 2.45) is 0 Å². The second-order valence-corrected chi connectivity index (χ2v) is 6.03. The van der Waals surface area contributed by atoms with Crippen LogP contribution in [0.1, 0.15) is 23.3 Å². The third-order valence-corrected chi connectivity index (χ3v) is 4.58. The molecule has 2 nitrogen and oxygen atoms in total. The zero-order valence-electron chi connectivity index (χ0n) is 13.1. The Bertz CT molecular complexity index is 913. The van der Waals surface area contributed by atoms with Crippen LogP contribution in [0.2, 0.25) is 0 Å². The highest BCUT2D eigenvalue weighted by molar-refractivity contribution is 5.87. The molecule has 0 aliphatic carbocycles. The number of benzene rings is 4. The average molecular weight is 314 g/mol. The largest absolute Gasteiger partial charge is 0.385 e. The van der Waals surface area contributed by atoms with Gasteiger partial charge in [0.15, 0.2) is 0 Å². The third-order valence-electron chi connectivity index (χ3n) is 4.58. The molecule has 0 unspecified atom stereocenters. The van der Waals surface area contributed by atoms with E-state index in [4.69, 9.17) is 0 Å². The highest BCUT2D eigenvalue weighted by Gasteiger charge is 2.23. The van der Waals surface area contributed by atoms with E-state index in [1.165, 1.54) is 0 Å². The lowest BCUT2D eigenvalue weighted by molar-refractivity contribution is 0.0190. The van der Waals surface area contributed by atoms with E-state index < -0.39 is 12.2 Å². The van der Waals surface area contributed by atoms with Gasteiger partial charge in [0, 0.05) is 0 Å². The minimum atomic E-state index is -0.984. The first kappa shape index (κ1) is 14.9. The molecule has 4 rings (SSSR count). The second-order valence-electron chi connectivity index (χ2n) is 6.03. The molecule has 2 heteroatoms. The Balaban J connectivity index is 1.82. The number of aliphatic hydroxyl groups is 2. The Hall–Kier alpha value is -2.68. The van der Waals surface area contributed by atoms with Crippen LogP contribution in [0.5, 0.6) is 0 Å². The van der Waals surface area contributed by atoms with Crippen molar-refractivity contribution >= 4 is 21.5 Å². The minimum Gasteiger partial charge on any atom is -0.385 e. The molecule has 0 heterocycles. The lowest BCUT2D eigenvalue weighted by Gasteiger charge is -2.21. The van der Waals surface area contributed by atoms with Crippen LogP contribution >= 0.6 is 0 Å². The van der Waals surface area contributed by atoms with E-state index in [0.29, 0.717) is 0 Å². The maximum Gasteiger partial charge on any atom is 0.110 e. The first-order chi connectivity index (χ1) is 11.8. The topological polar surface area (TPSA) is 40.5 Å². The summed E-state index contributed by atoms with van der Waals surface area (Å²) >= 11 is 0. The fourth-order valence-electron chi connectivity index (χ4n) is 3.36. The van der Waals surface area contributed by atoms with Gasteiger partial charge in [-0.2, -0.15) is 0 Å². The molecule has 0 bridgehead atoms. The summed E-state index contributed by atoms with van der Waals surface area (Å²) in [4.78, 5) is 0. The zero-order chi connectivity index (χ0) is 16.5. The van der Waals surface area contributed by atoms with E-state index >= 15 is 0 Å². The summed E-state index contributed by atoms with van der Waals surface area (Å²) in [5.41, 5.74) is 1.49. The molecule has 0 saturated carbocycles. The number of rotatable bonds is 3. The zero-order valence-corrected chi connectivity index (χ0v) is 13.1. The standard InChI is InChI=1S/C22H18O2/c23-21(19-13-5-9-15-7-1-3-11-17(15)19)22(24)20-14-6-10-16-8-2-4-12-18(16)20/h1-14,21-24H/t21-,22-/m0/s1. The molecule has 118 valence electrons. The fourth-order valence-corrected chi connectivity index (χ4v) is 3.36. The predicted molar refractivity (Wildman–Crippen MR) is 97.8 cm³/mol. The summed E-state index contributed by atoms with van der Waals surface area (Å²) in [5, 5.41) is 25.7. The maximum absolute atomic E-state index is 10.8. The summed E-state index contributed by atoms with van der Waals surface area (Å²) in [6.07, 6.45) is -1.97. The van der Waals surface area contributed by atoms with Gasteiger partial charge in [-0.3, -0.25) is 0 Å². The van der Waals surface area contributed by atoms with E-state index in [-0.39, 0.29) is 0 Å². The van der Waals surface area contributed by atoms with Crippen LogP contribution in [0.3, 0.4) is 0 Å². The molecule has 0 saturated heterocycles. The molecule has 24 heavy (non-hydrogen) atoms. The van der Waals surface area contributed by atoms with E-state index in [1.54, 1.807) is 0 Å². The van der Waals surface area contributed by atoms with Gasteiger partial charge in [-0.1, -0.05) is 84.9 Å². The molecular formula is C22H18O2. The first-order valence-electron chi connectivity index (χ1n) is 8.07. The number of aliphatic hydroxyl groups excluding tert-OH is 2. The molecule has 0 fully saturated rings. The van der Waals surface area contributed by atoms with Gasteiger partial charge in [-0.15, -0.1) is 0 Å². The molecule has 4 aromatic carbocycles. The molecule has 2 N–H and O–H groups in total. The lowest BCUT2D eigenvalue weighted by atomic mass is 9.91. The van der Waals surface area contributed by atoms with Crippen molar-refractivity contribution in [3.8, 4) is 0 Å². The van der Waals surface area contributed by atoms with Crippen LogP contribution in [0.4, 0.5) is 0 Å². The van der Waals surface area contributed by atoms with E-state index in [1.807, 2.05) is 84.9 Å². The Labute approximate surface area is 140 Å². The fraction of sp³-hybridized carbons (Fsp3) is 0.0909. The van der Waals surface area contributed by atoms with Gasteiger partial charge in [0.05, 0.1) is 0 Å². The van der Waals surface area contributed by atoms with Crippen molar-refractivity contribution < 1.29 is 10.2 Å². The van der Waals surface area contributed by atoms with Crippen LogP contribution in [0.25, 0.3) is 21.5 Å². The Morgan fingerprint density at radius 3 is 1.29 bits per heavy atom. The molecule has 0 aliphatic rings. The molecule has 4 aromatic rings. The van der Waals surface area contributed by atoms with E-state index in [2.05, 4.69) is 0 Å². The number of hydrogen-bond acceptors (Lipinski definition) is 2. The smallest absolute Gasteiger partial charge is 0.110 e. The Morgan fingerprint density at radius 1 is 0.458 bits per heavy atom. The highest BCUT2D eigenvalue weighted by atomic mass is 16.3. The monoisotopic (exact) mass is 314 g/mol. The van der Waals surface area contributed by atoms with Gasteiger partial charge < -0.3 is 10.2 Å². The Kier molecular flexibility index (Phi) is 3.77. The van der Waals surface area contributed by atoms with Crippen LogP contribution < -0.4 is 0 Å². The quantitative estimate of drug-likeness (QED) is 0.572. The molecule has 0 aliphatic heterocycles. The van der Waals surface area contributed by atoms with Crippen molar-refractivity contribution in [1.29, 1.82) is 0 Å². The number of hydrogen-bond donors (Lipinski definition) is 2. The van der Waals surface area contributed by atoms with Crippen molar-refractivity contribution in [1.82, 2.24) is 0 Å². The van der Waals surface area contributed by atoms with Gasteiger partial charge in [-0.05, 0) is 32.7 Å². The minimum absolute atomic E-state index is 0.744. The van der Waals surface area contributed by atoms with E-state index in [0.717, 1.165) is 32.7 Å². The van der Waals surface area contributed by atoms with Gasteiger partial charge in [0.1, 0.15) is 12.2 Å². The van der Waals surface area contributed by atoms with Crippen LogP contribution in [-0.2, 0) is 0 Å². The molecule has 0 radical (unpaired) electrons. The van der Waals surface area contributed by atoms with Gasteiger partial charge >= 0.3 is 0 Å². The Morgan fingerprint density at radius 2 is 0.833 bits per heavy atom. The molecule has 2 atom stereocenters. The van der Waals surface area contributed by atoms with Gasteiger partial charge in [0.2, 0.25) is 0 Å². The molecule has 0 amide bonds. The molecule has 0 aromatic heterocycles. The SMILES string of the molecule is O[C@@H](c1cccc2ccccc12)[C@@H](O)c1cccc2ccccc12. The molecular weight excluding hydrogens is 296 g/mol. The molecule has 0 spiro atoms. The van der Waals surface area contributed by atoms with Crippen LogP contribution in [0, 0.1) is 0 Å². The van der Waals surface area contributed by atoms with Crippen molar-refractivity contribution in [2.75, 3.05) is 0 Å². The van der Waals surface area contributed by atoms with Gasteiger partial charge in [0.25, 0.3) is 0 Å². The normalized spacial score (nSPS) is 13.9. The maximum atomic E-state index is 10.8. The summed E-state index contributed by atoms with van der Waals surface area (Å²) in [6, 6.07) is 27.4. The first-order valence-corrected chi connectivity index (χ1v) is 8.07. The summed E-state index contributed by atoms with van der Waals surface area (Å²) in [7, 11) is 0. The van der Waals surface area contributed by atoms with Crippen molar-refractivity contribution in [3.05, 3.63) is 96.1 Å².